The Balaban J connectivity index is 1.31. The van der Waals surface area contributed by atoms with Gasteiger partial charge in [-0.1, -0.05) is 30.3 Å². The number of nitrogens with one attached hydrogen (secondary N) is 1. The number of nitrogens with zero attached hydrogens (tertiary/aromatic N) is 1. The van der Waals surface area contributed by atoms with Gasteiger partial charge in [0.1, 0.15) is 18.9 Å². The maximum atomic E-state index is 12.5. The number of rotatable bonds is 8. The fourth-order valence-electron chi connectivity index (χ4n) is 4.21. The van der Waals surface area contributed by atoms with Gasteiger partial charge in [-0.05, 0) is 60.7 Å². The van der Waals surface area contributed by atoms with Crippen LogP contribution in [0.5, 0.6) is 5.75 Å². The average molecular weight is 421 g/mol. The molecule has 3 aromatic rings. The number of hydrogen-bond donors (Lipinski definition) is 2. The van der Waals surface area contributed by atoms with E-state index in [9.17, 15) is 9.59 Å². The van der Waals surface area contributed by atoms with Crippen molar-refractivity contribution in [3.05, 3.63) is 66.4 Å². The molecule has 1 aromatic heterocycles. The molecule has 2 N–H and O–H groups in total. The number of carboxylic acids is 1. The topological polar surface area (TPSA) is 80.6 Å². The molecule has 1 heterocycles. The summed E-state index contributed by atoms with van der Waals surface area (Å²) in [6.45, 7) is 1.35. The maximum absolute atomic E-state index is 12.5. The molecular weight excluding hydrogens is 392 g/mol. The molecule has 0 aliphatic heterocycles. The van der Waals surface area contributed by atoms with Crippen LogP contribution in [0.3, 0.4) is 0 Å². The minimum Gasteiger partial charge on any atom is -0.489 e. The lowest BCUT2D eigenvalue weighted by Gasteiger charge is -2.26. The molecule has 2 aromatic carbocycles. The van der Waals surface area contributed by atoms with Gasteiger partial charge in [-0.15, -0.1) is 0 Å². The van der Waals surface area contributed by atoms with Gasteiger partial charge in [0, 0.05) is 18.8 Å². The zero-order valence-corrected chi connectivity index (χ0v) is 17.5. The summed E-state index contributed by atoms with van der Waals surface area (Å²) in [6.07, 6.45) is 5.02. The van der Waals surface area contributed by atoms with Crippen molar-refractivity contribution in [3.63, 3.8) is 0 Å². The molecule has 1 aliphatic carbocycles. The third kappa shape index (κ3) is 5.45. The Morgan fingerprint density at radius 2 is 1.81 bits per heavy atom. The molecule has 162 valence electrons. The van der Waals surface area contributed by atoms with Gasteiger partial charge < -0.3 is 19.7 Å². The standard InChI is InChI=1S/C25H28N2O4/c28-24(26-15-18-6-8-21(9-7-18)25(29)30)16-27-13-12-20-10-11-22(14-23(20)27)31-17-19-4-2-1-3-5-19/h1-5,10-14,18,21H,6-9,15-17H2,(H,26,28)(H,29,30). The number of aromatic nitrogens is 1. The van der Waals surface area contributed by atoms with E-state index in [1.807, 2.05) is 65.4 Å². The first-order valence-electron chi connectivity index (χ1n) is 10.8. The van der Waals surface area contributed by atoms with Gasteiger partial charge >= 0.3 is 5.97 Å². The van der Waals surface area contributed by atoms with Gasteiger partial charge in [0.25, 0.3) is 0 Å². The van der Waals surface area contributed by atoms with Crippen LogP contribution in [0.4, 0.5) is 0 Å². The summed E-state index contributed by atoms with van der Waals surface area (Å²) in [4.78, 5) is 23.6. The van der Waals surface area contributed by atoms with E-state index in [2.05, 4.69) is 5.32 Å². The van der Waals surface area contributed by atoms with E-state index in [4.69, 9.17) is 9.84 Å². The molecule has 31 heavy (non-hydrogen) atoms. The Morgan fingerprint density at radius 1 is 1.03 bits per heavy atom. The summed E-state index contributed by atoms with van der Waals surface area (Å²) in [5.41, 5.74) is 2.07. The summed E-state index contributed by atoms with van der Waals surface area (Å²) < 4.78 is 7.86. The molecule has 1 saturated carbocycles. The van der Waals surface area contributed by atoms with Gasteiger partial charge in [0.05, 0.1) is 11.4 Å². The molecule has 0 spiro atoms. The van der Waals surface area contributed by atoms with Crippen LogP contribution in [0.15, 0.2) is 60.8 Å². The monoisotopic (exact) mass is 420 g/mol. The zero-order chi connectivity index (χ0) is 21.6. The van der Waals surface area contributed by atoms with Crippen LogP contribution < -0.4 is 10.1 Å². The van der Waals surface area contributed by atoms with Crippen molar-refractivity contribution in [2.75, 3.05) is 6.54 Å². The van der Waals surface area contributed by atoms with Crippen LogP contribution in [-0.4, -0.2) is 28.1 Å². The zero-order valence-electron chi connectivity index (χ0n) is 17.5. The second-order valence-electron chi connectivity index (χ2n) is 8.30. The summed E-state index contributed by atoms with van der Waals surface area (Å²) in [5, 5.41) is 13.2. The summed E-state index contributed by atoms with van der Waals surface area (Å²) in [5.74, 6) is 0.171. The molecule has 1 aliphatic rings. The van der Waals surface area contributed by atoms with E-state index in [0.29, 0.717) is 31.9 Å². The predicted octanol–water partition coefficient (Wildman–Crippen LogP) is 4.23. The van der Waals surface area contributed by atoms with Crippen LogP contribution in [0.1, 0.15) is 31.2 Å². The summed E-state index contributed by atoms with van der Waals surface area (Å²) in [6, 6.07) is 17.9. The van der Waals surface area contributed by atoms with Crippen LogP contribution in [0.2, 0.25) is 0 Å². The summed E-state index contributed by atoms with van der Waals surface area (Å²) >= 11 is 0. The molecule has 0 bridgehead atoms. The quantitative estimate of drug-likeness (QED) is 0.572. The van der Waals surface area contributed by atoms with E-state index in [1.54, 1.807) is 0 Å². The van der Waals surface area contributed by atoms with E-state index in [-0.39, 0.29) is 18.4 Å². The third-order valence-electron chi connectivity index (χ3n) is 6.09. The minimum atomic E-state index is -0.700. The molecule has 0 saturated heterocycles. The molecule has 4 rings (SSSR count). The minimum absolute atomic E-state index is 0.0338. The fraction of sp³-hybridized carbons (Fsp3) is 0.360. The molecule has 1 fully saturated rings. The van der Waals surface area contributed by atoms with Crippen LogP contribution in [0, 0.1) is 11.8 Å². The highest BCUT2D eigenvalue weighted by atomic mass is 16.5. The number of amides is 1. The Bertz CT molecular complexity index is 1040. The highest BCUT2D eigenvalue weighted by molar-refractivity contribution is 5.84. The first-order valence-corrected chi connectivity index (χ1v) is 10.8. The number of aliphatic carboxylic acids is 1. The van der Waals surface area contributed by atoms with Crippen molar-refractivity contribution < 1.29 is 19.4 Å². The molecule has 0 radical (unpaired) electrons. The van der Waals surface area contributed by atoms with E-state index in [1.165, 1.54) is 0 Å². The highest BCUT2D eigenvalue weighted by Gasteiger charge is 2.26. The molecule has 0 unspecified atom stereocenters. The van der Waals surface area contributed by atoms with Crippen molar-refractivity contribution in [1.29, 1.82) is 0 Å². The normalized spacial score (nSPS) is 18.6. The van der Waals surface area contributed by atoms with Gasteiger partial charge in [-0.3, -0.25) is 9.59 Å². The Kier molecular flexibility index (Phi) is 6.55. The number of ether oxygens (including phenoxy) is 1. The third-order valence-corrected chi connectivity index (χ3v) is 6.09. The van der Waals surface area contributed by atoms with Crippen molar-refractivity contribution in [1.82, 2.24) is 9.88 Å². The lowest BCUT2D eigenvalue weighted by molar-refractivity contribution is -0.143. The Morgan fingerprint density at radius 3 is 2.55 bits per heavy atom. The fourth-order valence-corrected chi connectivity index (χ4v) is 4.21. The Hall–Kier alpha value is -3.28. The van der Waals surface area contributed by atoms with E-state index in [0.717, 1.165) is 35.1 Å². The van der Waals surface area contributed by atoms with Crippen LogP contribution in [-0.2, 0) is 22.7 Å². The first kappa shape index (κ1) is 21.0. The van der Waals surface area contributed by atoms with E-state index < -0.39 is 5.97 Å². The van der Waals surface area contributed by atoms with E-state index >= 15 is 0 Å². The first-order chi connectivity index (χ1) is 15.1. The number of carboxylic acid groups (broad SMARTS) is 1. The van der Waals surface area contributed by atoms with Crippen molar-refractivity contribution >= 4 is 22.8 Å². The lowest BCUT2D eigenvalue weighted by atomic mass is 9.82. The number of carbonyl (C=O) groups excluding carboxylic acids is 1. The van der Waals surface area contributed by atoms with Crippen molar-refractivity contribution in [2.45, 2.75) is 38.8 Å². The maximum Gasteiger partial charge on any atom is 0.306 e. The molecule has 1 amide bonds. The largest absolute Gasteiger partial charge is 0.489 e. The summed E-state index contributed by atoms with van der Waals surface area (Å²) in [7, 11) is 0. The highest BCUT2D eigenvalue weighted by Crippen LogP contribution is 2.28. The SMILES string of the molecule is O=C(Cn1ccc2ccc(OCc3ccccc3)cc21)NCC1CCC(C(=O)O)CC1. The Labute approximate surface area is 181 Å². The van der Waals surface area contributed by atoms with Crippen molar-refractivity contribution in [3.8, 4) is 5.75 Å². The number of hydrogen-bond acceptors (Lipinski definition) is 3. The van der Waals surface area contributed by atoms with Gasteiger partial charge in [-0.25, -0.2) is 0 Å². The molecule has 0 atom stereocenters. The van der Waals surface area contributed by atoms with Gasteiger partial charge in [0.2, 0.25) is 5.91 Å². The number of benzene rings is 2. The smallest absolute Gasteiger partial charge is 0.306 e. The average Bonchev–Trinajstić information content (AvgIpc) is 3.19. The number of fused-ring (bicyclic) bond motifs is 1. The van der Waals surface area contributed by atoms with Gasteiger partial charge in [-0.2, -0.15) is 0 Å². The molecule has 6 nitrogen and oxygen atoms in total. The predicted molar refractivity (Wildman–Crippen MR) is 119 cm³/mol. The second kappa shape index (κ2) is 9.69. The van der Waals surface area contributed by atoms with Crippen LogP contribution >= 0.6 is 0 Å². The lowest BCUT2D eigenvalue weighted by Crippen LogP contribution is -2.34. The van der Waals surface area contributed by atoms with Crippen LogP contribution in [0.25, 0.3) is 10.9 Å². The van der Waals surface area contributed by atoms with Crippen molar-refractivity contribution in [2.24, 2.45) is 11.8 Å². The molecular formula is C25H28N2O4. The number of carbonyl (C=O) groups is 2. The second-order valence-corrected chi connectivity index (χ2v) is 8.30. The molecule has 6 heteroatoms. The van der Waals surface area contributed by atoms with Gasteiger partial charge in [0.15, 0.2) is 0 Å².